The Hall–Kier alpha value is -1.26. The smallest absolute Gasteiger partial charge is 0.161 e. The average molecular weight is 291 g/mol. The van der Waals surface area contributed by atoms with Crippen LogP contribution in [0.15, 0.2) is 18.2 Å². The van der Waals surface area contributed by atoms with Gasteiger partial charge in [0.2, 0.25) is 0 Å². The molecule has 116 valence electrons. The highest BCUT2D eigenvalue weighted by Crippen LogP contribution is 2.33. The van der Waals surface area contributed by atoms with Gasteiger partial charge in [-0.05, 0) is 30.5 Å². The van der Waals surface area contributed by atoms with E-state index in [-0.39, 0.29) is 12.6 Å². The van der Waals surface area contributed by atoms with Crippen LogP contribution in [0.2, 0.25) is 0 Å². The van der Waals surface area contributed by atoms with Crippen LogP contribution in [0.25, 0.3) is 0 Å². The predicted octanol–water partition coefficient (Wildman–Crippen LogP) is 2.80. The minimum atomic E-state index is -0.0241. The summed E-state index contributed by atoms with van der Waals surface area (Å²) < 4.78 is 11.2. The second-order valence-corrected chi connectivity index (χ2v) is 5.99. The Labute approximate surface area is 126 Å². The van der Waals surface area contributed by atoms with Gasteiger partial charge < -0.3 is 19.9 Å². The maximum absolute atomic E-state index is 9.75. The molecule has 1 atom stereocenters. The van der Waals surface area contributed by atoms with Gasteiger partial charge in [0, 0.05) is 6.04 Å². The second-order valence-electron chi connectivity index (χ2n) is 5.99. The van der Waals surface area contributed by atoms with Crippen molar-refractivity contribution < 1.29 is 14.6 Å². The molecule has 1 saturated carbocycles. The highest BCUT2D eigenvalue weighted by molar-refractivity contribution is 5.44. The van der Waals surface area contributed by atoms with E-state index < -0.39 is 0 Å². The third-order valence-corrected chi connectivity index (χ3v) is 4.44. The van der Waals surface area contributed by atoms with Crippen LogP contribution in [0.4, 0.5) is 0 Å². The van der Waals surface area contributed by atoms with E-state index in [1.54, 1.807) is 0 Å². The third-order valence-electron chi connectivity index (χ3n) is 4.44. The number of benzene rings is 1. The van der Waals surface area contributed by atoms with E-state index in [1.807, 2.05) is 18.2 Å². The van der Waals surface area contributed by atoms with Gasteiger partial charge in [0.25, 0.3) is 0 Å². The summed E-state index contributed by atoms with van der Waals surface area (Å²) in [6.07, 6.45) is 7.67. The summed E-state index contributed by atoms with van der Waals surface area (Å²) in [6, 6.07) is 6.46. The van der Waals surface area contributed by atoms with Crippen LogP contribution in [-0.2, 0) is 0 Å². The minimum absolute atomic E-state index is 0.0241. The van der Waals surface area contributed by atoms with Crippen molar-refractivity contribution in [1.82, 2.24) is 5.32 Å². The first kappa shape index (κ1) is 14.7. The summed E-state index contributed by atoms with van der Waals surface area (Å²) in [6.45, 7) is 1.31. The number of fused-ring (bicyclic) bond motifs is 1. The first-order chi connectivity index (χ1) is 10.4. The molecule has 1 aliphatic carbocycles. The van der Waals surface area contributed by atoms with Crippen LogP contribution in [0.1, 0.15) is 50.1 Å². The van der Waals surface area contributed by atoms with Gasteiger partial charge in [0.05, 0.1) is 12.6 Å². The Kier molecular flexibility index (Phi) is 4.99. The lowest BCUT2D eigenvalue weighted by molar-refractivity contribution is 0.170. The number of hydrogen-bond donors (Lipinski definition) is 2. The van der Waals surface area contributed by atoms with Crippen molar-refractivity contribution in [1.29, 1.82) is 0 Å². The molecule has 0 radical (unpaired) electrons. The number of aliphatic hydroxyl groups is 1. The van der Waals surface area contributed by atoms with Gasteiger partial charge in [0.15, 0.2) is 11.5 Å². The lowest BCUT2D eigenvalue weighted by Crippen LogP contribution is -2.34. The molecule has 1 heterocycles. The molecule has 4 nitrogen and oxygen atoms in total. The monoisotopic (exact) mass is 291 g/mol. The lowest BCUT2D eigenvalue weighted by Gasteiger charge is -2.25. The van der Waals surface area contributed by atoms with Gasteiger partial charge in [-0.15, -0.1) is 0 Å². The summed E-state index contributed by atoms with van der Waals surface area (Å²) >= 11 is 0. The molecule has 1 aromatic rings. The number of hydrogen-bond acceptors (Lipinski definition) is 4. The third kappa shape index (κ3) is 3.69. The van der Waals surface area contributed by atoms with Gasteiger partial charge in [-0.1, -0.05) is 31.7 Å². The maximum atomic E-state index is 9.75. The average Bonchev–Trinajstić information content (AvgIpc) is 2.81. The van der Waals surface area contributed by atoms with Gasteiger partial charge >= 0.3 is 0 Å². The minimum Gasteiger partial charge on any atom is -0.486 e. The van der Waals surface area contributed by atoms with Crippen molar-refractivity contribution in [3.8, 4) is 11.5 Å². The first-order valence-electron chi connectivity index (χ1n) is 8.13. The Balaban J connectivity index is 1.70. The molecule has 0 bridgehead atoms. The SMILES string of the molecule is OCC(NC1CCCCCC1)c1ccc2c(c1)OCCO2. The fourth-order valence-electron chi connectivity index (χ4n) is 3.26. The quantitative estimate of drug-likeness (QED) is 0.838. The van der Waals surface area contributed by atoms with Crippen molar-refractivity contribution >= 4 is 0 Å². The first-order valence-corrected chi connectivity index (χ1v) is 8.13. The highest BCUT2D eigenvalue weighted by atomic mass is 16.6. The van der Waals surface area contributed by atoms with Crippen LogP contribution < -0.4 is 14.8 Å². The maximum Gasteiger partial charge on any atom is 0.161 e. The Morgan fingerprint density at radius 1 is 1.05 bits per heavy atom. The van der Waals surface area contributed by atoms with Gasteiger partial charge in [0.1, 0.15) is 13.2 Å². The predicted molar refractivity (Wildman–Crippen MR) is 81.9 cm³/mol. The Morgan fingerprint density at radius 3 is 2.48 bits per heavy atom. The standard InChI is InChI=1S/C17H25NO3/c19-12-15(18-14-5-3-1-2-4-6-14)13-7-8-16-17(11-13)21-10-9-20-16/h7-8,11,14-15,18-19H,1-6,9-10,12H2. The second kappa shape index (κ2) is 7.14. The van der Waals surface area contributed by atoms with Crippen LogP contribution in [0, 0.1) is 0 Å². The summed E-state index contributed by atoms with van der Waals surface area (Å²) in [7, 11) is 0. The number of aliphatic hydroxyl groups excluding tert-OH is 1. The molecular formula is C17H25NO3. The zero-order valence-electron chi connectivity index (χ0n) is 12.5. The number of nitrogens with one attached hydrogen (secondary N) is 1. The molecule has 1 fully saturated rings. The van der Waals surface area contributed by atoms with E-state index in [2.05, 4.69) is 5.32 Å². The summed E-state index contributed by atoms with van der Waals surface area (Å²) in [5.74, 6) is 1.59. The van der Waals surface area contributed by atoms with Crippen molar-refractivity contribution in [3.63, 3.8) is 0 Å². The Morgan fingerprint density at radius 2 is 1.76 bits per heavy atom. The molecule has 0 amide bonds. The van der Waals surface area contributed by atoms with Gasteiger partial charge in [-0.2, -0.15) is 0 Å². The van der Waals surface area contributed by atoms with E-state index >= 15 is 0 Å². The van der Waals surface area contributed by atoms with E-state index in [1.165, 1.54) is 38.5 Å². The van der Waals surface area contributed by atoms with Crippen molar-refractivity contribution in [3.05, 3.63) is 23.8 Å². The number of ether oxygens (including phenoxy) is 2. The van der Waals surface area contributed by atoms with Crippen molar-refractivity contribution in [2.45, 2.75) is 50.6 Å². The topological polar surface area (TPSA) is 50.7 Å². The lowest BCUT2D eigenvalue weighted by atomic mass is 10.0. The van der Waals surface area contributed by atoms with Gasteiger partial charge in [-0.3, -0.25) is 0 Å². The summed E-state index contributed by atoms with van der Waals surface area (Å²) in [5, 5.41) is 13.4. The molecule has 1 aromatic carbocycles. The molecular weight excluding hydrogens is 266 g/mol. The van der Waals surface area contributed by atoms with Crippen LogP contribution in [-0.4, -0.2) is 31.0 Å². The highest BCUT2D eigenvalue weighted by Gasteiger charge is 2.20. The fraction of sp³-hybridized carbons (Fsp3) is 0.647. The molecule has 4 heteroatoms. The zero-order chi connectivity index (χ0) is 14.5. The fourth-order valence-corrected chi connectivity index (χ4v) is 3.26. The zero-order valence-corrected chi connectivity index (χ0v) is 12.5. The van der Waals surface area contributed by atoms with Crippen LogP contribution >= 0.6 is 0 Å². The molecule has 0 saturated heterocycles. The van der Waals surface area contributed by atoms with Gasteiger partial charge in [-0.25, -0.2) is 0 Å². The summed E-state index contributed by atoms with van der Waals surface area (Å²) in [4.78, 5) is 0. The van der Waals surface area contributed by atoms with Crippen molar-refractivity contribution in [2.24, 2.45) is 0 Å². The molecule has 1 aliphatic heterocycles. The number of rotatable bonds is 4. The summed E-state index contributed by atoms with van der Waals surface area (Å²) in [5.41, 5.74) is 1.07. The van der Waals surface area contributed by atoms with Crippen LogP contribution in [0.3, 0.4) is 0 Å². The molecule has 3 rings (SSSR count). The molecule has 2 N–H and O–H groups in total. The van der Waals surface area contributed by atoms with Crippen molar-refractivity contribution in [2.75, 3.05) is 19.8 Å². The van der Waals surface area contributed by atoms with Crippen LogP contribution in [0.5, 0.6) is 11.5 Å². The molecule has 1 unspecified atom stereocenters. The molecule has 0 spiro atoms. The molecule has 21 heavy (non-hydrogen) atoms. The largest absolute Gasteiger partial charge is 0.486 e. The molecule has 0 aromatic heterocycles. The van der Waals surface area contributed by atoms with E-state index in [0.717, 1.165) is 17.1 Å². The molecule has 2 aliphatic rings. The van der Waals surface area contributed by atoms with E-state index in [9.17, 15) is 5.11 Å². The Bertz CT molecular complexity index is 455. The van der Waals surface area contributed by atoms with E-state index in [4.69, 9.17) is 9.47 Å². The normalized spacial score (nSPS) is 20.8. The van der Waals surface area contributed by atoms with E-state index in [0.29, 0.717) is 19.3 Å².